The lowest BCUT2D eigenvalue weighted by atomic mass is 10.1. The Morgan fingerprint density at radius 2 is 1.94 bits per heavy atom. The molecule has 88 valence electrons. The summed E-state index contributed by atoms with van der Waals surface area (Å²) in [6.45, 7) is 4.14. The van der Waals surface area contributed by atoms with Gasteiger partial charge in [-0.3, -0.25) is 4.79 Å². The van der Waals surface area contributed by atoms with Crippen molar-refractivity contribution in [2.24, 2.45) is 0 Å². The van der Waals surface area contributed by atoms with E-state index in [2.05, 4.69) is 12.1 Å². The van der Waals surface area contributed by atoms with Crippen LogP contribution >= 0.6 is 0 Å². The van der Waals surface area contributed by atoms with Crippen molar-refractivity contribution in [1.82, 2.24) is 0 Å². The predicted octanol–water partition coefficient (Wildman–Crippen LogP) is 3.00. The van der Waals surface area contributed by atoms with Crippen LogP contribution in [0, 0.1) is 0 Å². The van der Waals surface area contributed by atoms with Gasteiger partial charge in [0.05, 0.1) is 6.10 Å². The molecule has 0 aliphatic carbocycles. The van der Waals surface area contributed by atoms with E-state index in [1.54, 1.807) is 0 Å². The predicted molar refractivity (Wildman–Crippen MR) is 65.5 cm³/mol. The average molecular weight is 220 g/mol. The number of rotatable bonds is 7. The van der Waals surface area contributed by atoms with Crippen molar-refractivity contribution in [3.05, 3.63) is 35.9 Å². The molecule has 0 fully saturated rings. The summed E-state index contributed by atoms with van der Waals surface area (Å²) < 4.78 is 5.26. The van der Waals surface area contributed by atoms with Gasteiger partial charge < -0.3 is 4.74 Å². The molecule has 0 aromatic heterocycles. The Bertz CT molecular complexity index is 304. The molecule has 0 saturated carbocycles. The number of Topliss-reactive ketones (excluding diaryl/α,β-unsaturated/α-hetero) is 1. The molecular weight excluding hydrogens is 200 g/mol. The van der Waals surface area contributed by atoms with Crippen molar-refractivity contribution in [3.8, 4) is 0 Å². The van der Waals surface area contributed by atoms with E-state index in [0.717, 1.165) is 12.8 Å². The summed E-state index contributed by atoms with van der Waals surface area (Å²) in [5.74, 6) is 0.199. The smallest absolute Gasteiger partial charge is 0.158 e. The van der Waals surface area contributed by atoms with Gasteiger partial charge in [-0.15, -0.1) is 0 Å². The van der Waals surface area contributed by atoms with Gasteiger partial charge >= 0.3 is 0 Å². The lowest BCUT2D eigenvalue weighted by Gasteiger charge is -2.06. The third-order valence-electron chi connectivity index (χ3n) is 2.34. The molecule has 0 heterocycles. The first-order chi connectivity index (χ1) is 7.68. The second kappa shape index (κ2) is 7.18. The van der Waals surface area contributed by atoms with Gasteiger partial charge in [-0.25, -0.2) is 0 Å². The van der Waals surface area contributed by atoms with Crippen molar-refractivity contribution in [3.63, 3.8) is 0 Å². The highest BCUT2D eigenvalue weighted by atomic mass is 16.5. The van der Waals surface area contributed by atoms with E-state index < -0.39 is 0 Å². The molecule has 0 aliphatic heterocycles. The lowest BCUT2D eigenvalue weighted by Crippen LogP contribution is -2.13. The van der Waals surface area contributed by atoms with Crippen LogP contribution in [0.1, 0.15) is 32.3 Å². The van der Waals surface area contributed by atoms with Crippen LogP contribution in [-0.2, 0) is 16.0 Å². The van der Waals surface area contributed by atoms with E-state index >= 15 is 0 Å². The Hall–Kier alpha value is -1.15. The van der Waals surface area contributed by atoms with E-state index in [4.69, 9.17) is 4.74 Å². The van der Waals surface area contributed by atoms with Crippen molar-refractivity contribution < 1.29 is 9.53 Å². The fraction of sp³-hybridized carbons (Fsp3) is 0.500. The largest absolute Gasteiger partial charge is 0.371 e. The number of ketones is 1. The van der Waals surface area contributed by atoms with Crippen molar-refractivity contribution in [1.29, 1.82) is 0 Å². The maximum absolute atomic E-state index is 11.4. The summed E-state index contributed by atoms with van der Waals surface area (Å²) in [7, 11) is 0. The number of ether oxygens (including phenoxy) is 1. The Labute approximate surface area is 97.6 Å². The van der Waals surface area contributed by atoms with E-state index in [9.17, 15) is 4.79 Å². The van der Waals surface area contributed by atoms with Crippen LogP contribution in [0.5, 0.6) is 0 Å². The van der Waals surface area contributed by atoms with E-state index in [1.807, 2.05) is 32.0 Å². The maximum Gasteiger partial charge on any atom is 0.158 e. The molecule has 1 rings (SSSR count). The minimum Gasteiger partial charge on any atom is -0.371 e. The van der Waals surface area contributed by atoms with Crippen molar-refractivity contribution >= 4 is 5.78 Å². The van der Waals surface area contributed by atoms with Crippen LogP contribution in [0.3, 0.4) is 0 Å². The molecule has 0 bridgehead atoms. The molecule has 0 spiro atoms. The Morgan fingerprint density at radius 3 is 2.56 bits per heavy atom. The zero-order valence-electron chi connectivity index (χ0n) is 10.1. The van der Waals surface area contributed by atoms with Crippen molar-refractivity contribution in [2.45, 2.75) is 39.2 Å². The monoisotopic (exact) mass is 220 g/mol. The van der Waals surface area contributed by atoms with Crippen LogP contribution in [0.15, 0.2) is 30.3 Å². The van der Waals surface area contributed by atoms with Gasteiger partial charge in [0.2, 0.25) is 0 Å². The second-order valence-electron chi connectivity index (χ2n) is 4.24. The molecule has 0 saturated heterocycles. The number of aryl methyl sites for hydroxylation is 1. The molecule has 1 aromatic rings. The molecular formula is C14H20O2. The van der Waals surface area contributed by atoms with Gasteiger partial charge in [0, 0.05) is 6.42 Å². The zero-order chi connectivity index (χ0) is 11.8. The third kappa shape index (κ3) is 5.66. The van der Waals surface area contributed by atoms with Crippen LogP contribution in [0.25, 0.3) is 0 Å². The third-order valence-corrected chi connectivity index (χ3v) is 2.34. The molecule has 0 radical (unpaired) electrons. The Balaban J connectivity index is 2.13. The van der Waals surface area contributed by atoms with Crippen LogP contribution in [0.2, 0.25) is 0 Å². The fourth-order valence-electron chi connectivity index (χ4n) is 1.47. The van der Waals surface area contributed by atoms with Crippen molar-refractivity contribution in [2.75, 3.05) is 6.61 Å². The summed E-state index contributed by atoms with van der Waals surface area (Å²) in [4.78, 5) is 11.4. The normalized spacial score (nSPS) is 10.7. The Morgan fingerprint density at radius 1 is 1.25 bits per heavy atom. The zero-order valence-corrected chi connectivity index (χ0v) is 10.1. The summed E-state index contributed by atoms with van der Waals surface area (Å²) >= 11 is 0. The van der Waals surface area contributed by atoms with Gasteiger partial charge in [0.15, 0.2) is 5.78 Å². The van der Waals surface area contributed by atoms with E-state index in [1.165, 1.54) is 5.56 Å². The SMILES string of the molecule is CC(C)OCC(=O)CCCc1ccccc1. The van der Waals surface area contributed by atoms with Gasteiger partial charge in [0.1, 0.15) is 6.61 Å². The van der Waals surface area contributed by atoms with Gasteiger partial charge in [-0.1, -0.05) is 30.3 Å². The molecule has 2 heteroatoms. The highest BCUT2D eigenvalue weighted by Crippen LogP contribution is 2.05. The molecule has 0 unspecified atom stereocenters. The lowest BCUT2D eigenvalue weighted by molar-refractivity contribution is -0.125. The summed E-state index contributed by atoms with van der Waals surface area (Å²) in [5.41, 5.74) is 1.29. The highest BCUT2D eigenvalue weighted by molar-refractivity contribution is 5.79. The molecule has 16 heavy (non-hydrogen) atoms. The summed E-state index contributed by atoms with van der Waals surface area (Å²) in [6.07, 6.45) is 2.62. The van der Waals surface area contributed by atoms with Gasteiger partial charge in [-0.2, -0.15) is 0 Å². The number of hydrogen-bond donors (Lipinski definition) is 0. The average Bonchev–Trinajstić information content (AvgIpc) is 2.28. The van der Waals surface area contributed by atoms with E-state index in [-0.39, 0.29) is 18.5 Å². The number of carbonyl (C=O) groups is 1. The minimum atomic E-state index is 0.137. The molecule has 2 nitrogen and oxygen atoms in total. The summed E-state index contributed by atoms with van der Waals surface area (Å²) in [5, 5.41) is 0. The second-order valence-corrected chi connectivity index (χ2v) is 4.24. The van der Waals surface area contributed by atoms with Crippen LogP contribution in [0.4, 0.5) is 0 Å². The highest BCUT2D eigenvalue weighted by Gasteiger charge is 2.03. The fourth-order valence-corrected chi connectivity index (χ4v) is 1.47. The van der Waals surface area contributed by atoms with Crippen LogP contribution < -0.4 is 0 Å². The maximum atomic E-state index is 11.4. The van der Waals surface area contributed by atoms with E-state index in [0.29, 0.717) is 6.42 Å². The molecule has 0 aliphatic rings. The number of carbonyl (C=O) groups excluding carboxylic acids is 1. The van der Waals surface area contributed by atoms with Gasteiger partial charge in [0.25, 0.3) is 0 Å². The van der Waals surface area contributed by atoms with Crippen LogP contribution in [-0.4, -0.2) is 18.5 Å². The molecule has 1 aromatic carbocycles. The number of hydrogen-bond acceptors (Lipinski definition) is 2. The molecule has 0 atom stereocenters. The molecule has 0 amide bonds. The topological polar surface area (TPSA) is 26.3 Å². The number of benzene rings is 1. The minimum absolute atomic E-state index is 0.137. The standard InChI is InChI=1S/C14H20O2/c1-12(2)16-11-14(15)10-6-9-13-7-4-3-5-8-13/h3-5,7-8,12H,6,9-11H2,1-2H3. The first-order valence-corrected chi connectivity index (χ1v) is 5.85. The summed E-state index contributed by atoms with van der Waals surface area (Å²) in [6, 6.07) is 10.2. The first kappa shape index (κ1) is 12.9. The first-order valence-electron chi connectivity index (χ1n) is 5.85. The Kier molecular flexibility index (Phi) is 5.79. The van der Waals surface area contributed by atoms with Gasteiger partial charge in [-0.05, 0) is 32.3 Å². The molecule has 0 N–H and O–H groups in total. The quantitative estimate of drug-likeness (QED) is 0.706.